The highest BCUT2D eigenvalue weighted by molar-refractivity contribution is 6.09. The molecule has 8 heteroatoms. The minimum absolute atomic E-state index is 0.576. The molecule has 0 bridgehead atoms. The van der Waals surface area contributed by atoms with Crippen LogP contribution in [0.4, 0.5) is 0 Å². The summed E-state index contributed by atoms with van der Waals surface area (Å²) in [6.07, 6.45) is 11.6. The summed E-state index contributed by atoms with van der Waals surface area (Å²) in [4.78, 5) is 24.6. The average molecular weight is 649 g/mol. The van der Waals surface area contributed by atoms with Gasteiger partial charge in [0.15, 0.2) is 11.6 Å². The highest BCUT2D eigenvalue weighted by Crippen LogP contribution is 2.35. The summed E-state index contributed by atoms with van der Waals surface area (Å²) in [5.74, 6) is 3.50. The van der Waals surface area contributed by atoms with E-state index in [0.29, 0.717) is 18.2 Å². The van der Waals surface area contributed by atoms with Gasteiger partial charge in [-0.15, -0.1) is 0 Å². The zero-order chi connectivity index (χ0) is 33.6. The minimum Gasteiger partial charge on any atom is -0.366 e. The van der Waals surface area contributed by atoms with Crippen LogP contribution in [0.3, 0.4) is 0 Å². The van der Waals surface area contributed by atoms with Crippen LogP contribution >= 0.6 is 0 Å². The molecule has 0 saturated carbocycles. The number of rotatable bonds is 6. The molecule has 0 atom stereocenters. The Kier molecular flexibility index (Phi) is 7.13. The molecule has 8 nitrogen and oxygen atoms in total. The smallest absolute Gasteiger partial charge is 0.163 e. The van der Waals surface area contributed by atoms with Crippen LogP contribution in [0.15, 0.2) is 139 Å². The summed E-state index contributed by atoms with van der Waals surface area (Å²) < 4.78 is 4.49. The Morgan fingerprint density at radius 1 is 0.640 bits per heavy atom. The van der Waals surface area contributed by atoms with Gasteiger partial charge in [0, 0.05) is 64.1 Å². The van der Waals surface area contributed by atoms with E-state index in [1.54, 1.807) is 12.4 Å². The van der Waals surface area contributed by atoms with E-state index in [1.165, 1.54) is 21.7 Å². The first-order chi connectivity index (χ1) is 24.7. The first-order valence-electron chi connectivity index (χ1n) is 16.7. The van der Waals surface area contributed by atoms with Crippen LogP contribution in [0.1, 0.15) is 23.7 Å². The van der Waals surface area contributed by atoms with Crippen molar-refractivity contribution < 1.29 is 0 Å². The number of fused-ring (bicyclic) bond motifs is 4. The Balaban J connectivity index is 1.38. The van der Waals surface area contributed by atoms with Crippen molar-refractivity contribution in [3.8, 4) is 34.4 Å². The number of aromatic nitrogens is 6. The summed E-state index contributed by atoms with van der Waals surface area (Å²) in [7, 11) is 0. The lowest BCUT2D eigenvalue weighted by molar-refractivity contribution is 0.969. The lowest BCUT2D eigenvalue weighted by Crippen LogP contribution is -2.26. The lowest BCUT2D eigenvalue weighted by Gasteiger charge is -2.16. The maximum atomic E-state index is 5.36. The van der Waals surface area contributed by atoms with E-state index in [2.05, 4.69) is 146 Å². The molecule has 8 aromatic rings. The largest absolute Gasteiger partial charge is 0.366 e. The molecule has 1 aliphatic heterocycles. The Hall–Kier alpha value is -6.67. The fraction of sp³-hybridized carbons (Fsp3) is 0.0714. The number of para-hydroxylation sites is 3. The number of nitrogens with zero attached hydrogens (tertiary/aromatic N) is 7. The summed E-state index contributed by atoms with van der Waals surface area (Å²) in [6, 6.07) is 35.6. The van der Waals surface area contributed by atoms with Crippen molar-refractivity contribution in [2.24, 2.45) is 4.99 Å². The number of allylic oxidation sites excluding steroid dienone is 1. The first kappa shape index (κ1) is 29.5. The van der Waals surface area contributed by atoms with Crippen LogP contribution in [-0.2, 0) is 0 Å². The third-order valence-electron chi connectivity index (χ3n) is 9.22. The second kappa shape index (κ2) is 12.1. The highest BCUT2D eigenvalue weighted by Gasteiger charge is 2.21. The van der Waals surface area contributed by atoms with Crippen molar-refractivity contribution in [1.82, 2.24) is 34.4 Å². The molecule has 5 heterocycles. The van der Waals surface area contributed by atoms with Gasteiger partial charge >= 0.3 is 0 Å². The van der Waals surface area contributed by atoms with Gasteiger partial charge in [-0.1, -0.05) is 60.7 Å². The number of aliphatic imine (C=N–C) groups is 1. The van der Waals surface area contributed by atoms with E-state index in [9.17, 15) is 0 Å². The van der Waals surface area contributed by atoms with Gasteiger partial charge in [0.05, 0.1) is 22.2 Å². The molecule has 0 amide bonds. The molecular weight excluding hydrogens is 617 g/mol. The molecule has 0 fully saturated rings. The monoisotopic (exact) mass is 648 g/mol. The van der Waals surface area contributed by atoms with Gasteiger partial charge in [-0.2, -0.15) is 0 Å². The maximum Gasteiger partial charge on any atom is 0.163 e. The van der Waals surface area contributed by atoms with E-state index in [-0.39, 0.29) is 0 Å². The summed E-state index contributed by atoms with van der Waals surface area (Å²) in [6.45, 7) is 4.91. The van der Waals surface area contributed by atoms with Gasteiger partial charge in [0.2, 0.25) is 0 Å². The van der Waals surface area contributed by atoms with E-state index < -0.39 is 0 Å². The van der Waals surface area contributed by atoms with Crippen LogP contribution < -0.4 is 5.32 Å². The number of benzene rings is 4. The van der Waals surface area contributed by atoms with Crippen LogP contribution in [0.5, 0.6) is 0 Å². The van der Waals surface area contributed by atoms with Crippen LogP contribution in [0, 0.1) is 6.92 Å². The van der Waals surface area contributed by atoms with Gasteiger partial charge < -0.3 is 5.32 Å². The summed E-state index contributed by atoms with van der Waals surface area (Å²) >= 11 is 0. The van der Waals surface area contributed by atoms with Crippen molar-refractivity contribution in [3.63, 3.8) is 0 Å². The van der Waals surface area contributed by atoms with Gasteiger partial charge in [-0.3, -0.25) is 9.13 Å². The zero-order valence-corrected chi connectivity index (χ0v) is 27.6. The van der Waals surface area contributed by atoms with Crippen LogP contribution in [-0.4, -0.2) is 41.5 Å². The maximum absolute atomic E-state index is 5.36. The number of hydrogen-bond donors (Lipinski definition) is 1. The second-order valence-corrected chi connectivity index (χ2v) is 12.3. The van der Waals surface area contributed by atoms with Crippen molar-refractivity contribution in [2.45, 2.75) is 13.8 Å². The molecule has 0 saturated heterocycles. The predicted molar refractivity (Wildman–Crippen MR) is 203 cm³/mol. The quantitative estimate of drug-likeness (QED) is 0.195. The molecule has 0 radical (unpaired) electrons. The topological polar surface area (TPSA) is 85.8 Å². The Morgan fingerprint density at radius 3 is 1.86 bits per heavy atom. The minimum atomic E-state index is 0.576. The molecular formula is C42H32N8. The van der Waals surface area contributed by atoms with E-state index >= 15 is 0 Å². The third kappa shape index (κ3) is 4.88. The molecule has 1 N–H and O–H groups in total. The van der Waals surface area contributed by atoms with Crippen LogP contribution in [0.25, 0.3) is 73.2 Å². The molecule has 0 spiro atoms. The SMILES string of the molecule is C/C=C\c1c(C)c2ccccc2n1-c1cc(-n2c3ccccc3c3ccccc32)nc(-c2cc(C3=NC=CCN3)cc(-c3ncccn3)c2)n1. The Labute approximate surface area is 288 Å². The van der Waals surface area contributed by atoms with E-state index in [1.807, 2.05) is 25.3 Å². The van der Waals surface area contributed by atoms with Crippen molar-refractivity contribution in [2.75, 3.05) is 6.54 Å². The fourth-order valence-electron chi connectivity index (χ4n) is 7.00. The molecule has 9 rings (SSSR count). The molecule has 240 valence electrons. The van der Waals surface area contributed by atoms with Gasteiger partial charge in [-0.25, -0.2) is 24.9 Å². The number of nitrogens with one attached hydrogen (secondary N) is 1. The average Bonchev–Trinajstić information content (AvgIpc) is 3.67. The van der Waals surface area contributed by atoms with Gasteiger partial charge in [0.1, 0.15) is 17.5 Å². The first-order valence-corrected chi connectivity index (χ1v) is 16.7. The molecule has 1 aliphatic rings. The number of amidine groups is 1. The number of aryl methyl sites for hydroxylation is 1. The summed E-state index contributed by atoms with van der Waals surface area (Å²) in [5.41, 5.74) is 8.07. The predicted octanol–water partition coefficient (Wildman–Crippen LogP) is 8.85. The molecule has 0 unspecified atom stereocenters. The van der Waals surface area contributed by atoms with Crippen molar-refractivity contribution in [1.29, 1.82) is 0 Å². The number of hydrogen-bond acceptors (Lipinski definition) is 6. The van der Waals surface area contributed by atoms with E-state index in [0.717, 1.165) is 56.4 Å². The molecule has 4 aromatic carbocycles. The van der Waals surface area contributed by atoms with E-state index in [4.69, 9.17) is 9.97 Å². The molecule has 0 aliphatic carbocycles. The summed E-state index contributed by atoms with van der Waals surface area (Å²) in [5, 5.41) is 6.93. The Bertz CT molecular complexity index is 2620. The second-order valence-electron chi connectivity index (χ2n) is 12.3. The lowest BCUT2D eigenvalue weighted by atomic mass is 10.0. The van der Waals surface area contributed by atoms with Crippen molar-refractivity contribution >= 4 is 44.6 Å². The van der Waals surface area contributed by atoms with Gasteiger partial charge in [0.25, 0.3) is 0 Å². The molecule has 50 heavy (non-hydrogen) atoms. The van der Waals surface area contributed by atoms with Crippen molar-refractivity contribution in [3.05, 3.63) is 151 Å². The molecule has 4 aromatic heterocycles. The highest BCUT2D eigenvalue weighted by atomic mass is 15.1. The zero-order valence-electron chi connectivity index (χ0n) is 27.6. The normalized spacial score (nSPS) is 13.0. The Morgan fingerprint density at radius 2 is 1.22 bits per heavy atom. The van der Waals surface area contributed by atoms with Gasteiger partial charge in [-0.05, 0) is 74.0 Å². The standard InChI is InChI=1S/C42H32N8/c1-3-12-34-27(2)31-13-4-7-16-35(31)49(34)38-26-39(50-36-17-8-5-14-32(36)33-15-6-9-18-37(33)50)48-42(47-38)30-24-28(40-43-19-10-20-44-40)23-29(25-30)41-45-21-11-22-46-41/h3-21,23-26H,22H2,1-2H3,(H,45,46)/b12-3-. The third-order valence-corrected chi connectivity index (χ3v) is 9.22. The fourth-order valence-corrected chi connectivity index (χ4v) is 7.00. The van der Waals surface area contributed by atoms with Crippen LogP contribution in [0.2, 0.25) is 0 Å².